The van der Waals surface area contributed by atoms with E-state index in [4.69, 9.17) is 20.2 Å². The van der Waals surface area contributed by atoms with Gasteiger partial charge in [0.25, 0.3) is 0 Å². The molecule has 144 valence electrons. The lowest BCUT2D eigenvalue weighted by Gasteiger charge is -2.49. The number of aromatic nitrogens is 2. The third-order valence-corrected chi connectivity index (χ3v) is 6.07. The maximum Gasteiger partial charge on any atom is 0.161 e. The van der Waals surface area contributed by atoms with Gasteiger partial charge in [-0.2, -0.15) is 0 Å². The Labute approximate surface area is 160 Å². The van der Waals surface area contributed by atoms with Crippen molar-refractivity contribution in [2.24, 2.45) is 11.7 Å². The quantitative estimate of drug-likeness (QED) is 0.874. The van der Waals surface area contributed by atoms with Crippen molar-refractivity contribution in [2.45, 2.75) is 31.7 Å². The number of methoxy groups -OCH3 is 2. The van der Waals surface area contributed by atoms with Gasteiger partial charge in [0.15, 0.2) is 11.5 Å². The van der Waals surface area contributed by atoms with Gasteiger partial charge in [-0.25, -0.2) is 9.97 Å². The van der Waals surface area contributed by atoms with E-state index in [0.717, 1.165) is 48.2 Å². The Kier molecular flexibility index (Phi) is 5.02. The Hall–Kier alpha value is -2.18. The number of hydrogen-bond acceptors (Lipinski definition) is 6. The second-order valence-electron chi connectivity index (χ2n) is 7.57. The van der Waals surface area contributed by atoms with E-state index in [0.29, 0.717) is 23.6 Å². The minimum Gasteiger partial charge on any atom is -0.493 e. The average molecular weight is 368 g/mol. The van der Waals surface area contributed by atoms with Crippen molar-refractivity contribution >= 4 is 0 Å². The molecule has 2 bridgehead atoms. The first-order valence-electron chi connectivity index (χ1n) is 9.65. The van der Waals surface area contributed by atoms with Crippen LogP contribution in [0.15, 0.2) is 24.3 Å². The van der Waals surface area contributed by atoms with E-state index in [9.17, 15) is 0 Å². The molecule has 4 heterocycles. The summed E-state index contributed by atoms with van der Waals surface area (Å²) >= 11 is 0. The maximum absolute atomic E-state index is 5.96. The van der Waals surface area contributed by atoms with E-state index < -0.39 is 0 Å². The molecule has 4 atom stereocenters. The largest absolute Gasteiger partial charge is 0.493 e. The van der Waals surface area contributed by atoms with Gasteiger partial charge in [0.1, 0.15) is 5.82 Å². The fourth-order valence-corrected chi connectivity index (χ4v) is 4.64. The first kappa shape index (κ1) is 18.2. The molecular weight excluding hydrogens is 340 g/mol. The van der Waals surface area contributed by atoms with Crippen molar-refractivity contribution in [1.29, 1.82) is 0 Å². The first-order valence-corrected chi connectivity index (χ1v) is 9.65. The number of benzene rings is 1. The van der Waals surface area contributed by atoms with Crippen LogP contribution in [-0.2, 0) is 0 Å². The molecule has 3 aliphatic rings. The average Bonchev–Trinajstić information content (AvgIpc) is 2.72. The maximum atomic E-state index is 5.96. The molecule has 5 rings (SSSR count). The minimum atomic E-state index is 0.460. The summed E-state index contributed by atoms with van der Waals surface area (Å²) in [6.45, 7) is 4.94. The zero-order valence-corrected chi connectivity index (χ0v) is 16.3. The zero-order valence-electron chi connectivity index (χ0n) is 16.3. The third-order valence-electron chi connectivity index (χ3n) is 6.07. The number of rotatable bonds is 5. The summed E-state index contributed by atoms with van der Waals surface area (Å²) < 4.78 is 10.8. The fraction of sp³-hybridized carbons (Fsp3) is 0.524. The Bertz CT molecular complexity index is 826. The second kappa shape index (κ2) is 7.44. The summed E-state index contributed by atoms with van der Waals surface area (Å²) in [5.41, 5.74) is 9.06. The second-order valence-corrected chi connectivity index (χ2v) is 7.57. The molecule has 1 aromatic heterocycles. The molecule has 2 N–H and O–H groups in total. The Morgan fingerprint density at radius 2 is 1.96 bits per heavy atom. The summed E-state index contributed by atoms with van der Waals surface area (Å²) in [5, 5.41) is 0. The molecule has 0 saturated carbocycles. The summed E-state index contributed by atoms with van der Waals surface area (Å²) in [6.07, 6.45) is 2.41. The Balaban J connectivity index is 1.67. The number of fused-ring (bicyclic) bond motifs is 3. The van der Waals surface area contributed by atoms with Gasteiger partial charge in [-0.05, 0) is 56.5 Å². The van der Waals surface area contributed by atoms with Crippen LogP contribution in [0, 0.1) is 12.8 Å². The summed E-state index contributed by atoms with van der Waals surface area (Å²) in [5.74, 6) is 3.36. The lowest BCUT2D eigenvalue weighted by Crippen LogP contribution is -2.55. The Morgan fingerprint density at radius 3 is 2.63 bits per heavy atom. The van der Waals surface area contributed by atoms with Gasteiger partial charge in [-0.3, -0.25) is 4.90 Å². The molecule has 6 heteroatoms. The first-order chi connectivity index (χ1) is 13.1. The van der Waals surface area contributed by atoms with Crippen molar-refractivity contribution in [3.8, 4) is 22.8 Å². The molecule has 2 aromatic rings. The standard InChI is InChI=1S/C21H28N4O2/c1-13-23-18(15-4-5-20(26-2)21(9-15)27-3)10-19(24-13)17-12-25-7-6-14(17)8-16(25)11-22/h4-5,9-10,14,16-17H,6-8,11-12,22H2,1-3H3. The summed E-state index contributed by atoms with van der Waals surface area (Å²) in [4.78, 5) is 12.0. The van der Waals surface area contributed by atoms with Crippen molar-refractivity contribution < 1.29 is 9.47 Å². The molecule has 0 radical (unpaired) electrons. The van der Waals surface area contributed by atoms with E-state index in [1.54, 1.807) is 14.2 Å². The topological polar surface area (TPSA) is 73.5 Å². The normalized spacial score (nSPS) is 26.8. The van der Waals surface area contributed by atoms with Gasteiger partial charge in [0, 0.05) is 36.3 Å². The van der Waals surface area contributed by atoms with E-state index in [2.05, 4.69) is 16.0 Å². The van der Waals surface area contributed by atoms with Crippen LogP contribution < -0.4 is 15.2 Å². The molecule has 3 saturated heterocycles. The van der Waals surface area contributed by atoms with Crippen LogP contribution in [-0.4, -0.2) is 54.8 Å². The number of hydrogen-bond donors (Lipinski definition) is 1. The van der Waals surface area contributed by atoms with Crippen LogP contribution >= 0.6 is 0 Å². The van der Waals surface area contributed by atoms with Crippen LogP contribution in [0.1, 0.15) is 30.3 Å². The predicted octanol–water partition coefficient (Wildman–Crippen LogP) is 2.61. The molecular formula is C21H28N4O2. The van der Waals surface area contributed by atoms with Crippen molar-refractivity contribution in [1.82, 2.24) is 14.9 Å². The molecule has 1 aromatic carbocycles. The number of ether oxygens (including phenoxy) is 2. The highest BCUT2D eigenvalue weighted by molar-refractivity contribution is 5.64. The number of nitrogens with zero attached hydrogens (tertiary/aromatic N) is 3. The zero-order chi connectivity index (χ0) is 19.0. The van der Waals surface area contributed by atoms with Crippen LogP contribution in [0.5, 0.6) is 11.5 Å². The lowest BCUT2D eigenvalue weighted by molar-refractivity contribution is 0.0333. The summed E-state index contributed by atoms with van der Waals surface area (Å²) in [7, 11) is 3.30. The predicted molar refractivity (Wildman–Crippen MR) is 105 cm³/mol. The fourth-order valence-electron chi connectivity index (χ4n) is 4.64. The molecule has 0 amide bonds. The lowest BCUT2D eigenvalue weighted by atomic mass is 9.74. The van der Waals surface area contributed by atoms with E-state index in [-0.39, 0.29) is 0 Å². The van der Waals surface area contributed by atoms with Crippen molar-refractivity contribution in [3.05, 3.63) is 35.8 Å². The SMILES string of the molecule is COc1ccc(-c2cc(C3CN4CCC3CC4CN)nc(C)n2)cc1OC. The van der Waals surface area contributed by atoms with Gasteiger partial charge in [-0.15, -0.1) is 0 Å². The van der Waals surface area contributed by atoms with Crippen molar-refractivity contribution in [2.75, 3.05) is 33.9 Å². The minimum absolute atomic E-state index is 0.460. The number of nitrogens with two attached hydrogens (primary N) is 1. The van der Waals surface area contributed by atoms with Gasteiger partial charge < -0.3 is 15.2 Å². The molecule has 0 spiro atoms. The molecule has 4 unspecified atom stereocenters. The number of aryl methyl sites for hydroxylation is 1. The Morgan fingerprint density at radius 1 is 1.15 bits per heavy atom. The molecule has 27 heavy (non-hydrogen) atoms. The highest BCUT2D eigenvalue weighted by atomic mass is 16.5. The smallest absolute Gasteiger partial charge is 0.161 e. The van der Waals surface area contributed by atoms with Gasteiger partial charge in [0.05, 0.1) is 19.9 Å². The summed E-state index contributed by atoms with van der Waals surface area (Å²) in [6, 6.07) is 8.61. The van der Waals surface area contributed by atoms with E-state index >= 15 is 0 Å². The molecule has 6 nitrogen and oxygen atoms in total. The third kappa shape index (κ3) is 3.39. The monoisotopic (exact) mass is 368 g/mol. The highest BCUT2D eigenvalue weighted by Crippen LogP contribution is 2.42. The molecule has 3 aliphatic heterocycles. The van der Waals surface area contributed by atoms with Crippen molar-refractivity contribution in [3.63, 3.8) is 0 Å². The molecule has 3 fully saturated rings. The van der Waals surface area contributed by atoms with Gasteiger partial charge >= 0.3 is 0 Å². The van der Waals surface area contributed by atoms with Crippen LogP contribution in [0.25, 0.3) is 11.3 Å². The van der Waals surface area contributed by atoms with Crippen LogP contribution in [0.3, 0.4) is 0 Å². The van der Waals surface area contributed by atoms with E-state index in [1.807, 2.05) is 25.1 Å². The molecule has 0 aliphatic carbocycles. The van der Waals surface area contributed by atoms with E-state index in [1.165, 1.54) is 12.8 Å². The van der Waals surface area contributed by atoms with Gasteiger partial charge in [0.2, 0.25) is 0 Å². The van der Waals surface area contributed by atoms with Crippen LogP contribution in [0.2, 0.25) is 0 Å². The number of piperidine rings is 3. The van der Waals surface area contributed by atoms with Gasteiger partial charge in [-0.1, -0.05) is 0 Å². The highest BCUT2D eigenvalue weighted by Gasteiger charge is 2.40. The van der Waals surface area contributed by atoms with Crippen LogP contribution in [0.4, 0.5) is 0 Å².